The van der Waals surface area contributed by atoms with E-state index in [0.29, 0.717) is 0 Å². The summed E-state index contributed by atoms with van der Waals surface area (Å²) >= 11 is 5.41. The van der Waals surface area contributed by atoms with Crippen LogP contribution in [0.25, 0.3) is 0 Å². The summed E-state index contributed by atoms with van der Waals surface area (Å²) in [6.07, 6.45) is -0.0545. The molecule has 3 nitrogen and oxygen atoms in total. The fourth-order valence-corrected chi connectivity index (χ4v) is 1.36. The van der Waals surface area contributed by atoms with Gasteiger partial charge in [0.25, 0.3) is 0 Å². The van der Waals surface area contributed by atoms with Gasteiger partial charge in [-0.1, -0.05) is 18.2 Å². The van der Waals surface area contributed by atoms with E-state index in [9.17, 15) is 0 Å². The van der Waals surface area contributed by atoms with Crippen molar-refractivity contribution < 1.29 is 0 Å². The molecule has 0 saturated carbocycles. The molecule has 0 aliphatic heterocycles. The van der Waals surface area contributed by atoms with Crippen LogP contribution in [-0.4, -0.2) is 11.5 Å². The third-order valence-corrected chi connectivity index (χ3v) is 1.97. The Bertz CT molecular complexity index is 325. The van der Waals surface area contributed by atoms with Gasteiger partial charge >= 0.3 is 0 Å². The quantitative estimate of drug-likeness (QED) is 0.312. The van der Waals surface area contributed by atoms with Crippen LogP contribution in [0.5, 0.6) is 0 Å². The lowest BCUT2D eigenvalue weighted by molar-refractivity contribution is 0.752. The first kappa shape index (κ1) is 10.9. The topological polar surface area (TPSA) is 47.9 Å². The van der Waals surface area contributed by atoms with E-state index in [1.54, 1.807) is 0 Å². The van der Waals surface area contributed by atoms with Gasteiger partial charge in [-0.25, -0.2) is 0 Å². The molecule has 14 heavy (non-hydrogen) atoms. The van der Waals surface area contributed by atoms with Gasteiger partial charge < -0.3 is 10.6 Å². The van der Waals surface area contributed by atoms with E-state index in [0.717, 1.165) is 5.69 Å². The zero-order valence-corrected chi connectivity index (χ0v) is 9.02. The van der Waals surface area contributed by atoms with Gasteiger partial charge in [0, 0.05) is 5.69 Å². The number of hydrogen-bond donors (Lipinski definition) is 3. The molecule has 4 heteroatoms. The predicted octanol–water partition coefficient (Wildman–Crippen LogP) is 2.52. The van der Waals surface area contributed by atoms with Crippen molar-refractivity contribution in [1.82, 2.24) is 5.32 Å². The molecule has 0 spiro atoms. The summed E-state index contributed by atoms with van der Waals surface area (Å²) < 4.78 is 0. The molecular formula is C10H14ClN3. The lowest BCUT2D eigenvalue weighted by atomic mass is 10.2. The number of rotatable bonds is 3. The van der Waals surface area contributed by atoms with E-state index in [4.69, 9.17) is 17.0 Å². The van der Waals surface area contributed by atoms with Crippen molar-refractivity contribution in [2.45, 2.75) is 20.0 Å². The Hall–Kier alpha value is -1.22. The molecule has 1 aromatic carbocycles. The van der Waals surface area contributed by atoms with Crippen molar-refractivity contribution >= 4 is 22.6 Å². The molecule has 3 N–H and O–H groups in total. The highest BCUT2D eigenvalue weighted by molar-refractivity contribution is 6.63. The van der Waals surface area contributed by atoms with Crippen LogP contribution in [-0.2, 0) is 0 Å². The van der Waals surface area contributed by atoms with Crippen molar-refractivity contribution in [3.8, 4) is 0 Å². The first-order chi connectivity index (χ1) is 6.59. The fraction of sp³-hybridized carbons (Fsp3) is 0.300. The lowest BCUT2D eigenvalue weighted by Crippen LogP contribution is -2.35. The van der Waals surface area contributed by atoms with Gasteiger partial charge in [-0.05, 0) is 37.1 Å². The molecule has 0 aliphatic rings. The standard InChI is InChI=1S/C10H14ClN3/c1-7-5-3-4-6-9(7)13-8(2)14-10(11)12/h3-6,8,13H,1-2H3,(H2,12,14). The molecule has 0 fully saturated rings. The van der Waals surface area contributed by atoms with Crippen molar-refractivity contribution in [3.05, 3.63) is 29.8 Å². The van der Waals surface area contributed by atoms with E-state index in [-0.39, 0.29) is 11.5 Å². The number of amidine groups is 1. The van der Waals surface area contributed by atoms with Crippen LogP contribution >= 0.6 is 11.6 Å². The number of benzene rings is 1. The number of halogens is 1. The monoisotopic (exact) mass is 211 g/mol. The van der Waals surface area contributed by atoms with Gasteiger partial charge in [0.1, 0.15) is 0 Å². The summed E-state index contributed by atoms with van der Waals surface area (Å²) in [5.41, 5.74) is 2.22. The number of hydrogen-bond acceptors (Lipinski definition) is 2. The highest BCUT2D eigenvalue weighted by Crippen LogP contribution is 2.13. The smallest absolute Gasteiger partial charge is 0.189 e. The molecule has 0 bridgehead atoms. The summed E-state index contributed by atoms with van der Waals surface area (Å²) in [7, 11) is 0. The lowest BCUT2D eigenvalue weighted by Gasteiger charge is -2.17. The van der Waals surface area contributed by atoms with E-state index >= 15 is 0 Å². The maximum Gasteiger partial charge on any atom is 0.189 e. The first-order valence-corrected chi connectivity index (χ1v) is 4.80. The summed E-state index contributed by atoms with van der Waals surface area (Å²) in [4.78, 5) is 0. The summed E-state index contributed by atoms with van der Waals surface area (Å²) in [5, 5.41) is 13.0. The summed E-state index contributed by atoms with van der Waals surface area (Å²) in [5.74, 6) is 0. The fourth-order valence-electron chi connectivity index (χ4n) is 1.19. The molecule has 0 radical (unpaired) electrons. The molecule has 76 valence electrons. The second-order valence-electron chi connectivity index (χ2n) is 3.14. The van der Waals surface area contributed by atoms with Crippen LogP contribution in [0.3, 0.4) is 0 Å². The van der Waals surface area contributed by atoms with Crippen LogP contribution in [0.15, 0.2) is 24.3 Å². The zero-order chi connectivity index (χ0) is 10.6. The second kappa shape index (κ2) is 4.86. The molecule has 0 heterocycles. The predicted molar refractivity (Wildman–Crippen MR) is 61.0 cm³/mol. The minimum absolute atomic E-state index is 0.0545. The number of nitrogens with one attached hydrogen (secondary N) is 3. The molecule has 1 rings (SSSR count). The normalized spacial score (nSPS) is 11.9. The number of para-hydroxylation sites is 1. The van der Waals surface area contributed by atoms with Crippen molar-refractivity contribution in [2.75, 3.05) is 5.32 Å². The third kappa shape index (κ3) is 3.26. The van der Waals surface area contributed by atoms with Gasteiger partial charge in [0.15, 0.2) is 5.29 Å². The van der Waals surface area contributed by atoms with Gasteiger partial charge in [-0.15, -0.1) is 0 Å². The zero-order valence-electron chi connectivity index (χ0n) is 8.26. The SMILES string of the molecule is Cc1ccccc1NC(C)NC(=N)Cl. The molecular weight excluding hydrogens is 198 g/mol. The number of anilines is 1. The summed E-state index contributed by atoms with van der Waals surface area (Å²) in [6.45, 7) is 3.93. The first-order valence-electron chi connectivity index (χ1n) is 4.42. The average Bonchev–Trinajstić information content (AvgIpc) is 2.07. The van der Waals surface area contributed by atoms with Crippen molar-refractivity contribution in [1.29, 1.82) is 5.41 Å². The van der Waals surface area contributed by atoms with E-state index in [1.807, 2.05) is 38.1 Å². The Labute approximate surface area is 89.0 Å². The maximum absolute atomic E-state index is 7.06. The molecule has 0 amide bonds. The van der Waals surface area contributed by atoms with Gasteiger partial charge in [0.2, 0.25) is 0 Å². The average molecular weight is 212 g/mol. The van der Waals surface area contributed by atoms with Crippen molar-refractivity contribution in [3.63, 3.8) is 0 Å². The molecule has 0 aliphatic carbocycles. The maximum atomic E-state index is 7.06. The van der Waals surface area contributed by atoms with Crippen LogP contribution in [0.2, 0.25) is 0 Å². The molecule has 0 aromatic heterocycles. The van der Waals surface area contributed by atoms with E-state index in [2.05, 4.69) is 10.6 Å². The van der Waals surface area contributed by atoms with Crippen molar-refractivity contribution in [2.24, 2.45) is 0 Å². The Kier molecular flexibility index (Phi) is 3.77. The Morgan fingerprint density at radius 2 is 2.07 bits per heavy atom. The van der Waals surface area contributed by atoms with Gasteiger partial charge in [-0.2, -0.15) is 0 Å². The second-order valence-corrected chi connectivity index (χ2v) is 3.52. The molecule has 1 unspecified atom stereocenters. The number of aryl methyl sites for hydroxylation is 1. The third-order valence-electron chi connectivity index (χ3n) is 1.86. The van der Waals surface area contributed by atoms with Gasteiger partial charge in [0.05, 0.1) is 6.17 Å². The molecule has 1 atom stereocenters. The minimum atomic E-state index is -0.0569. The molecule has 1 aromatic rings. The van der Waals surface area contributed by atoms with E-state index in [1.165, 1.54) is 5.56 Å². The highest BCUT2D eigenvalue weighted by atomic mass is 35.5. The van der Waals surface area contributed by atoms with Crippen LogP contribution in [0.4, 0.5) is 5.69 Å². The van der Waals surface area contributed by atoms with E-state index < -0.39 is 0 Å². The van der Waals surface area contributed by atoms with Crippen LogP contribution < -0.4 is 10.6 Å². The Morgan fingerprint density at radius 1 is 1.43 bits per heavy atom. The Balaban J connectivity index is 2.60. The molecule has 0 saturated heterocycles. The Morgan fingerprint density at radius 3 is 2.64 bits per heavy atom. The highest BCUT2D eigenvalue weighted by Gasteiger charge is 2.02. The van der Waals surface area contributed by atoms with Crippen LogP contribution in [0, 0.1) is 12.3 Å². The van der Waals surface area contributed by atoms with Crippen LogP contribution in [0.1, 0.15) is 12.5 Å². The largest absolute Gasteiger partial charge is 0.365 e. The minimum Gasteiger partial charge on any atom is -0.365 e. The summed E-state index contributed by atoms with van der Waals surface area (Å²) in [6, 6.07) is 7.97. The van der Waals surface area contributed by atoms with Gasteiger partial charge in [-0.3, -0.25) is 5.41 Å².